The van der Waals surface area contributed by atoms with Crippen LogP contribution in [-0.2, 0) is 4.79 Å². The molecule has 0 aliphatic carbocycles. The first-order valence-electron chi connectivity index (χ1n) is 6.07. The van der Waals surface area contributed by atoms with Gasteiger partial charge in [0.25, 0.3) is 0 Å². The molecular formula is C13H17NO4S. The van der Waals surface area contributed by atoms with Crippen LogP contribution in [0.15, 0.2) is 17.0 Å². The summed E-state index contributed by atoms with van der Waals surface area (Å²) in [5, 5.41) is 8.72. The summed E-state index contributed by atoms with van der Waals surface area (Å²) in [6.07, 6.45) is 2.41. The van der Waals surface area contributed by atoms with Crippen molar-refractivity contribution in [3.63, 3.8) is 0 Å². The molecule has 0 spiro atoms. The highest BCUT2D eigenvalue weighted by atomic mass is 32.2. The van der Waals surface area contributed by atoms with Crippen LogP contribution in [0.25, 0.3) is 0 Å². The van der Waals surface area contributed by atoms with E-state index in [1.54, 1.807) is 11.8 Å². The maximum atomic E-state index is 10.6. The van der Waals surface area contributed by atoms with E-state index in [1.807, 2.05) is 18.4 Å². The summed E-state index contributed by atoms with van der Waals surface area (Å²) in [6, 6.07) is 3.42. The predicted molar refractivity (Wildman–Crippen MR) is 73.0 cm³/mol. The van der Waals surface area contributed by atoms with Crippen LogP contribution < -0.4 is 15.2 Å². The molecular weight excluding hydrogens is 266 g/mol. The molecule has 2 rings (SSSR count). The van der Waals surface area contributed by atoms with Crippen LogP contribution in [0.3, 0.4) is 0 Å². The lowest BCUT2D eigenvalue weighted by molar-refractivity contribution is -0.137. The fourth-order valence-electron chi connectivity index (χ4n) is 2.04. The minimum absolute atomic E-state index is 0.0590. The number of rotatable bonds is 5. The topological polar surface area (TPSA) is 81.8 Å². The van der Waals surface area contributed by atoms with E-state index >= 15 is 0 Å². The third-order valence-corrected chi connectivity index (χ3v) is 3.80. The molecule has 0 saturated carbocycles. The zero-order chi connectivity index (χ0) is 13.8. The zero-order valence-corrected chi connectivity index (χ0v) is 11.5. The first-order chi connectivity index (χ1) is 9.13. The first kappa shape index (κ1) is 14.0. The Hall–Kier alpha value is -1.40. The molecule has 1 unspecified atom stereocenters. The molecule has 0 radical (unpaired) electrons. The summed E-state index contributed by atoms with van der Waals surface area (Å²) in [7, 11) is 0. The Labute approximate surface area is 116 Å². The Morgan fingerprint density at radius 1 is 1.47 bits per heavy atom. The average molecular weight is 283 g/mol. The number of fused-ring (bicyclic) bond motifs is 1. The number of carbonyl (C=O) groups is 1. The van der Waals surface area contributed by atoms with E-state index in [9.17, 15) is 4.79 Å². The summed E-state index contributed by atoms with van der Waals surface area (Å²) in [6.45, 7) is 1.07. The van der Waals surface area contributed by atoms with Crippen LogP contribution in [0.4, 0.5) is 0 Å². The molecule has 1 atom stereocenters. The van der Waals surface area contributed by atoms with Gasteiger partial charge in [0.05, 0.1) is 4.90 Å². The molecule has 19 heavy (non-hydrogen) atoms. The van der Waals surface area contributed by atoms with Crippen molar-refractivity contribution in [1.29, 1.82) is 0 Å². The summed E-state index contributed by atoms with van der Waals surface area (Å²) >= 11 is 1.54. The zero-order valence-electron chi connectivity index (χ0n) is 10.7. The highest BCUT2D eigenvalue weighted by molar-refractivity contribution is 7.98. The number of nitrogens with two attached hydrogens (primary N) is 1. The van der Waals surface area contributed by atoms with Crippen LogP contribution in [0.5, 0.6) is 11.5 Å². The maximum Gasteiger partial charge on any atom is 0.303 e. The van der Waals surface area contributed by atoms with Gasteiger partial charge >= 0.3 is 5.97 Å². The summed E-state index contributed by atoms with van der Waals surface area (Å²) in [5.74, 6) is 0.616. The molecule has 1 aromatic carbocycles. The Balaban J connectivity index is 2.27. The van der Waals surface area contributed by atoms with Crippen LogP contribution >= 0.6 is 11.8 Å². The lowest BCUT2D eigenvalue weighted by Crippen LogP contribution is -2.18. The quantitative estimate of drug-likeness (QED) is 0.805. The SMILES string of the molecule is CSc1c(C(N)CCC(=O)O)ccc2c1OCCO2. The average Bonchev–Trinajstić information content (AvgIpc) is 2.43. The molecule has 0 fully saturated rings. The van der Waals surface area contributed by atoms with E-state index in [-0.39, 0.29) is 12.5 Å². The van der Waals surface area contributed by atoms with Crippen molar-refractivity contribution in [2.24, 2.45) is 5.73 Å². The third kappa shape index (κ3) is 3.13. The van der Waals surface area contributed by atoms with Crippen molar-refractivity contribution in [1.82, 2.24) is 0 Å². The predicted octanol–water partition coefficient (Wildman–Crippen LogP) is 2.04. The number of carboxylic acid groups (broad SMARTS) is 1. The number of ether oxygens (including phenoxy) is 2. The number of hydrogen-bond acceptors (Lipinski definition) is 5. The van der Waals surface area contributed by atoms with Crippen molar-refractivity contribution in [3.05, 3.63) is 17.7 Å². The van der Waals surface area contributed by atoms with Crippen LogP contribution in [0.2, 0.25) is 0 Å². The molecule has 1 aromatic rings. The molecule has 0 aromatic heterocycles. The second kappa shape index (κ2) is 6.16. The van der Waals surface area contributed by atoms with Crippen molar-refractivity contribution < 1.29 is 19.4 Å². The van der Waals surface area contributed by atoms with Gasteiger partial charge in [-0.05, 0) is 24.3 Å². The largest absolute Gasteiger partial charge is 0.486 e. The minimum Gasteiger partial charge on any atom is -0.486 e. The van der Waals surface area contributed by atoms with Crippen LogP contribution in [0, 0.1) is 0 Å². The number of hydrogen-bond donors (Lipinski definition) is 2. The molecule has 5 nitrogen and oxygen atoms in total. The highest BCUT2D eigenvalue weighted by Crippen LogP contribution is 2.43. The lowest BCUT2D eigenvalue weighted by atomic mass is 10.0. The van der Waals surface area contributed by atoms with Crippen molar-refractivity contribution in [2.75, 3.05) is 19.5 Å². The minimum atomic E-state index is -0.835. The van der Waals surface area contributed by atoms with Gasteiger partial charge in [0.15, 0.2) is 11.5 Å². The molecule has 1 heterocycles. The first-order valence-corrected chi connectivity index (χ1v) is 7.29. The molecule has 6 heteroatoms. The van der Waals surface area contributed by atoms with E-state index in [0.717, 1.165) is 22.0 Å². The third-order valence-electron chi connectivity index (χ3n) is 2.97. The highest BCUT2D eigenvalue weighted by Gasteiger charge is 2.22. The molecule has 104 valence electrons. The summed E-state index contributed by atoms with van der Waals surface area (Å²) < 4.78 is 11.2. The normalized spacial score (nSPS) is 15.1. The van der Waals surface area contributed by atoms with Gasteiger partial charge in [0.2, 0.25) is 0 Å². The number of carboxylic acids is 1. The Morgan fingerprint density at radius 3 is 2.89 bits per heavy atom. The smallest absolute Gasteiger partial charge is 0.303 e. The van der Waals surface area contributed by atoms with Gasteiger partial charge in [-0.15, -0.1) is 11.8 Å². The van der Waals surface area contributed by atoms with Crippen molar-refractivity contribution in [3.8, 4) is 11.5 Å². The van der Waals surface area contributed by atoms with E-state index in [1.165, 1.54) is 0 Å². The van der Waals surface area contributed by atoms with E-state index in [2.05, 4.69) is 0 Å². The van der Waals surface area contributed by atoms with Crippen molar-refractivity contribution in [2.45, 2.75) is 23.8 Å². The summed E-state index contributed by atoms with van der Waals surface area (Å²) in [5.41, 5.74) is 6.99. The van der Waals surface area contributed by atoms with Gasteiger partial charge in [0, 0.05) is 12.5 Å². The van der Waals surface area contributed by atoms with Gasteiger partial charge in [0.1, 0.15) is 13.2 Å². The van der Waals surface area contributed by atoms with E-state index in [4.69, 9.17) is 20.3 Å². The fourth-order valence-corrected chi connectivity index (χ4v) is 2.84. The Morgan fingerprint density at radius 2 is 2.21 bits per heavy atom. The lowest BCUT2D eigenvalue weighted by Gasteiger charge is -2.24. The second-order valence-corrected chi connectivity index (χ2v) is 5.07. The summed E-state index contributed by atoms with van der Waals surface area (Å²) in [4.78, 5) is 11.6. The van der Waals surface area contributed by atoms with Crippen molar-refractivity contribution >= 4 is 17.7 Å². The van der Waals surface area contributed by atoms with E-state index < -0.39 is 5.97 Å². The molecule has 3 N–H and O–H groups in total. The van der Waals surface area contributed by atoms with Gasteiger partial charge in [-0.2, -0.15) is 0 Å². The number of aliphatic carboxylic acids is 1. The molecule has 1 aliphatic heterocycles. The van der Waals surface area contributed by atoms with Gasteiger partial charge in [-0.1, -0.05) is 6.07 Å². The molecule has 0 bridgehead atoms. The molecule has 0 amide bonds. The van der Waals surface area contributed by atoms with Crippen LogP contribution in [-0.4, -0.2) is 30.5 Å². The van der Waals surface area contributed by atoms with Gasteiger partial charge in [-0.3, -0.25) is 4.79 Å². The second-order valence-electron chi connectivity index (χ2n) is 4.25. The Kier molecular flexibility index (Phi) is 4.55. The number of thioether (sulfide) groups is 1. The molecule has 1 aliphatic rings. The van der Waals surface area contributed by atoms with E-state index in [0.29, 0.717) is 19.6 Å². The van der Waals surface area contributed by atoms with Gasteiger partial charge in [-0.25, -0.2) is 0 Å². The van der Waals surface area contributed by atoms with Crippen LogP contribution in [0.1, 0.15) is 24.4 Å². The van der Waals surface area contributed by atoms with Gasteiger partial charge < -0.3 is 20.3 Å². The standard InChI is InChI=1S/C13H17NO4S/c1-19-13-8(9(14)3-5-11(15)16)2-4-10-12(13)18-7-6-17-10/h2,4,9H,3,5-7,14H2,1H3,(H,15,16). The molecule has 0 saturated heterocycles. The fraction of sp³-hybridized carbons (Fsp3) is 0.462. The Bertz CT molecular complexity index is 478. The maximum absolute atomic E-state index is 10.6. The monoisotopic (exact) mass is 283 g/mol. The number of benzene rings is 1.